The number of rotatable bonds is 2. The van der Waals surface area contributed by atoms with Gasteiger partial charge in [-0.2, -0.15) is 0 Å². The fraction of sp³-hybridized carbons (Fsp3) is 0.286. The monoisotopic (exact) mass is 295 g/mol. The predicted octanol–water partition coefficient (Wildman–Crippen LogP) is 4.02. The lowest BCUT2D eigenvalue weighted by atomic mass is 9.96. The first-order valence-electron chi connectivity index (χ1n) is 6.06. The number of anilines is 2. The summed E-state index contributed by atoms with van der Waals surface area (Å²) < 4.78 is 13.3. The van der Waals surface area contributed by atoms with Crippen LogP contribution < -0.4 is 5.32 Å². The van der Waals surface area contributed by atoms with Crippen LogP contribution in [0.3, 0.4) is 0 Å². The molecule has 0 fully saturated rings. The number of halogens is 2. The smallest absolute Gasteiger partial charge is 0.166 e. The Balaban J connectivity index is 2.33. The molecule has 0 aliphatic rings. The highest BCUT2D eigenvalue weighted by Crippen LogP contribution is 2.25. The van der Waals surface area contributed by atoms with Crippen LogP contribution in [0.5, 0.6) is 5.75 Å². The van der Waals surface area contributed by atoms with E-state index in [-0.39, 0.29) is 5.41 Å². The molecule has 20 heavy (non-hydrogen) atoms. The van der Waals surface area contributed by atoms with E-state index in [4.69, 9.17) is 16.7 Å². The molecule has 0 radical (unpaired) electrons. The summed E-state index contributed by atoms with van der Waals surface area (Å²) >= 11 is 5.97. The minimum Gasteiger partial charge on any atom is -0.505 e. The minimum absolute atomic E-state index is 0.248. The van der Waals surface area contributed by atoms with Crippen molar-refractivity contribution in [1.29, 1.82) is 0 Å². The van der Waals surface area contributed by atoms with Crippen LogP contribution in [0, 0.1) is 5.82 Å². The number of hydrogen-bond acceptors (Lipinski definition) is 4. The topological polar surface area (TPSA) is 58.0 Å². The number of phenolic OH excluding ortho intramolecular Hbond substituents is 1. The van der Waals surface area contributed by atoms with Gasteiger partial charge in [-0.25, -0.2) is 14.4 Å². The molecule has 1 aromatic carbocycles. The van der Waals surface area contributed by atoms with Crippen LogP contribution in [0.25, 0.3) is 0 Å². The van der Waals surface area contributed by atoms with E-state index in [1.54, 1.807) is 12.1 Å². The Hall–Kier alpha value is -1.88. The lowest BCUT2D eigenvalue weighted by Gasteiger charge is -2.17. The van der Waals surface area contributed by atoms with Crippen molar-refractivity contribution in [3.8, 4) is 5.75 Å². The number of benzene rings is 1. The van der Waals surface area contributed by atoms with Crippen LogP contribution in [-0.2, 0) is 5.41 Å². The summed E-state index contributed by atoms with van der Waals surface area (Å²) in [4.78, 5) is 8.54. The summed E-state index contributed by atoms with van der Waals surface area (Å²) in [6.45, 7) is 5.92. The van der Waals surface area contributed by atoms with Crippen LogP contribution >= 0.6 is 11.6 Å². The van der Waals surface area contributed by atoms with Gasteiger partial charge in [0.25, 0.3) is 0 Å². The molecule has 2 rings (SSSR count). The maximum absolute atomic E-state index is 13.3. The van der Waals surface area contributed by atoms with Crippen LogP contribution in [-0.4, -0.2) is 15.1 Å². The normalized spacial score (nSPS) is 11.4. The zero-order chi connectivity index (χ0) is 14.9. The molecule has 106 valence electrons. The molecule has 0 unspecified atom stereocenters. The summed E-state index contributed by atoms with van der Waals surface area (Å²) in [5.74, 6) is -0.0374. The Kier molecular flexibility index (Phi) is 3.81. The maximum Gasteiger partial charge on any atom is 0.166 e. The highest BCUT2D eigenvalue weighted by molar-refractivity contribution is 6.29. The van der Waals surface area contributed by atoms with Gasteiger partial charge in [-0.3, -0.25) is 0 Å². The molecule has 0 saturated carbocycles. The van der Waals surface area contributed by atoms with Gasteiger partial charge in [0.05, 0.1) is 0 Å². The molecule has 0 bridgehead atoms. The number of nitrogens with one attached hydrogen (secondary N) is 1. The fourth-order valence-electron chi connectivity index (χ4n) is 1.55. The zero-order valence-electron chi connectivity index (χ0n) is 11.4. The molecular weight excluding hydrogens is 281 g/mol. The molecule has 0 spiro atoms. The standard InChI is InChI=1S/C14H15ClFN3O/c1-14(2,3)13-18-11(15)7-12(19-13)17-8-4-5-10(20)9(16)6-8/h4-7,20H,1-3H3,(H,17,18,19). The fourth-order valence-corrected chi connectivity index (χ4v) is 1.73. The Morgan fingerprint density at radius 2 is 1.90 bits per heavy atom. The van der Waals surface area contributed by atoms with Gasteiger partial charge in [-0.05, 0) is 12.1 Å². The highest BCUT2D eigenvalue weighted by Gasteiger charge is 2.19. The van der Waals surface area contributed by atoms with Crippen LogP contribution in [0.4, 0.5) is 15.9 Å². The van der Waals surface area contributed by atoms with Gasteiger partial charge in [0.1, 0.15) is 16.8 Å². The minimum atomic E-state index is -0.703. The van der Waals surface area contributed by atoms with E-state index in [0.717, 1.165) is 0 Å². The molecular formula is C14H15ClFN3O. The summed E-state index contributed by atoms with van der Waals surface area (Å²) in [5.41, 5.74) is 0.219. The van der Waals surface area contributed by atoms with E-state index in [9.17, 15) is 4.39 Å². The van der Waals surface area contributed by atoms with E-state index in [1.807, 2.05) is 20.8 Å². The summed E-state index contributed by atoms with van der Waals surface area (Å²) in [7, 11) is 0. The van der Waals surface area contributed by atoms with Crippen molar-refractivity contribution in [2.75, 3.05) is 5.32 Å². The second kappa shape index (κ2) is 5.25. The molecule has 4 nitrogen and oxygen atoms in total. The SMILES string of the molecule is CC(C)(C)c1nc(Cl)cc(Nc2ccc(O)c(F)c2)n1. The van der Waals surface area contributed by atoms with Gasteiger partial charge in [-0.1, -0.05) is 32.4 Å². The highest BCUT2D eigenvalue weighted by atomic mass is 35.5. The Morgan fingerprint density at radius 3 is 2.50 bits per heavy atom. The Bertz CT molecular complexity index is 641. The van der Waals surface area contributed by atoms with E-state index >= 15 is 0 Å². The van der Waals surface area contributed by atoms with Gasteiger partial charge < -0.3 is 10.4 Å². The quantitative estimate of drug-likeness (QED) is 0.649. The van der Waals surface area contributed by atoms with Crippen LogP contribution in [0.2, 0.25) is 5.15 Å². The molecule has 2 aromatic rings. The molecule has 1 heterocycles. The lowest BCUT2D eigenvalue weighted by molar-refractivity contribution is 0.432. The van der Waals surface area contributed by atoms with Crippen LogP contribution in [0.1, 0.15) is 26.6 Å². The molecule has 1 aromatic heterocycles. The van der Waals surface area contributed by atoms with Gasteiger partial charge in [-0.15, -0.1) is 0 Å². The average Bonchev–Trinajstić information content (AvgIpc) is 2.32. The third-order valence-electron chi connectivity index (χ3n) is 2.59. The molecule has 0 aliphatic heterocycles. The molecule has 0 atom stereocenters. The summed E-state index contributed by atoms with van der Waals surface area (Å²) in [6.07, 6.45) is 0. The molecule has 2 N–H and O–H groups in total. The largest absolute Gasteiger partial charge is 0.505 e. The van der Waals surface area contributed by atoms with E-state index in [0.29, 0.717) is 22.5 Å². The summed E-state index contributed by atoms with van der Waals surface area (Å²) in [6, 6.07) is 5.56. The second-order valence-electron chi connectivity index (χ2n) is 5.44. The van der Waals surface area contributed by atoms with Gasteiger partial charge in [0.15, 0.2) is 11.6 Å². The van der Waals surface area contributed by atoms with Crippen molar-refractivity contribution in [3.63, 3.8) is 0 Å². The second-order valence-corrected chi connectivity index (χ2v) is 5.83. The molecule has 0 amide bonds. The number of hydrogen-bond donors (Lipinski definition) is 2. The van der Waals surface area contributed by atoms with E-state index in [1.165, 1.54) is 12.1 Å². The lowest BCUT2D eigenvalue weighted by Crippen LogP contribution is -2.16. The third kappa shape index (κ3) is 3.36. The van der Waals surface area contributed by atoms with Crippen molar-refractivity contribution >= 4 is 23.1 Å². The number of phenols is 1. The van der Waals surface area contributed by atoms with Gasteiger partial charge >= 0.3 is 0 Å². The average molecular weight is 296 g/mol. The van der Waals surface area contributed by atoms with Crippen molar-refractivity contribution in [2.24, 2.45) is 0 Å². The van der Waals surface area contributed by atoms with E-state index in [2.05, 4.69) is 15.3 Å². The van der Waals surface area contributed by atoms with Crippen molar-refractivity contribution in [2.45, 2.75) is 26.2 Å². The van der Waals surface area contributed by atoms with E-state index < -0.39 is 11.6 Å². The van der Waals surface area contributed by atoms with Crippen molar-refractivity contribution in [1.82, 2.24) is 9.97 Å². The number of nitrogens with zero attached hydrogens (tertiary/aromatic N) is 2. The summed E-state index contributed by atoms with van der Waals surface area (Å²) in [5, 5.41) is 12.4. The van der Waals surface area contributed by atoms with Crippen molar-refractivity contribution in [3.05, 3.63) is 41.1 Å². The Labute approximate surface area is 121 Å². The molecule has 0 saturated heterocycles. The first kappa shape index (κ1) is 14.5. The maximum atomic E-state index is 13.3. The van der Waals surface area contributed by atoms with Crippen LogP contribution in [0.15, 0.2) is 24.3 Å². The van der Waals surface area contributed by atoms with Crippen molar-refractivity contribution < 1.29 is 9.50 Å². The molecule has 0 aliphatic carbocycles. The predicted molar refractivity (Wildman–Crippen MR) is 77.1 cm³/mol. The zero-order valence-corrected chi connectivity index (χ0v) is 12.2. The molecule has 6 heteroatoms. The number of aromatic nitrogens is 2. The Morgan fingerprint density at radius 1 is 1.20 bits per heavy atom. The van der Waals surface area contributed by atoms with Gasteiger partial charge in [0, 0.05) is 23.2 Å². The third-order valence-corrected chi connectivity index (χ3v) is 2.78. The number of aromatic hydroxyl groups is 1. The van der Waals surface area contributed by atoms with Gasteiger partial charge in [0.2, 0.25) is 0 Å². The first-order chi connectivity index (χ1) is 9.25. The first-order valence-corrected chi connectivity index (χ1v) is 6.44.